The van der Waals surface area contributed by atoms with Gasteiger partial charge in [-0.2, -0.15) is 0 Å². The molecular weight excluding hydrogens is 234 g/mol. The smallest absolute Gasteiger partial charge is 0.356 e. The second-order valence-corrected chi connectivity index (χ2v) is 4.60. The minimum absolute atomic E-state index is 0.271. The first-order chi connectivity index (χ1) is 8.63. The molecule has 0 spiro atoms. The van der Waals surface area contributed by atoms with Gasteiger partial charge in [-0.1, -0.05) is 0 Å². The third-order valence-electron chi connectivity index (χ3n) is 3.48. The molecule has 0 bridgehead atoms. The second kappa shape index (κ2) is 5.39. The van der Waals surface area contributed by atoms with Gasteiger partial charge in [-0.25, -0.2) is 9.59 Å². The maximum Gasteiger partial charge on any atom is 0.356 e. The van der Waals surface area contributed by atoms with Gasteiger partial charge in [0.05, 0.1) is 12.8 Å². The molecule has 0 unspecified atom stereocenters. The van der Waals surface area contributed by atoms with Crippen molar-refractivity contribution in [2.75, 3.05) is 26.7 Å². The summed E-state index contributed by atoms with van der Waals surface area (Å²) in [5.74, 6) is -0.482. The molecule has 0 saturated carbocycles. The third-order valence-corrected chi connectivity index (χ3v) is 3.48. The van der Waals surface area contributed by atoms with E-state index in [4.69, 9.17) is 0 Å². The van der Waals surface area contributed by atoms with Crippen LogP contribution in [0, 0.1) is 0 Å². The zero-order chi connectivity index (χ0) is 13.1. The van der Waals surface area contributed by atoms with Crippen LogP contribution in [0.3, 0.4) is 0 Å². The van der Waals surface area contributed by atoms with Crippen LogP contribution in [0.5, 0.6) is 0 Å². The average molecular weight is 253 g/mol. The van der Waals surface area contributed by atoms with E-state index in [1.54, 1.807) is 7.05 Å². The van der Waals surface area contributed by atoms with Crippen LogP contribution in [-0.2, 0) is 18.2 Å². The summed E-state index contributed by atoms with van der Waals surface area (Å²) in [6, 6.07) is 0. The number of hydrogen-bond donors (Lipinski definition) is 1. The highest BCUT2D eigenvalue weighted by atomic mass is 16.5. The predicted octanol–water partition coefficient (Wildman–Crippen LogP) is 0.138. The number of imidazole rings is 1. The van der Waals surface area contributed by atoms with Gasteiger partial charge < -0.3 is 9.64 Å². The quantitative estimate of drug-likeness (QED) is 0.775. The molecule has 18 heavy (non-hydrogen) atoms. The molecule has 0 radical (unpaired) electrons. The van der Waals surface area contributed by atoms with Crippen LogP contribution in [0.2, 0.25) is 0 Å². The minimum Gasteiger partial charge on any atom is -0.464 e. The van der Waals surface area contributed by atoms with Crippen LogP contribution in [0.15, 0.2) is 4.79 Å². The fourth-order valence-corrected chi connectivity index (χ4v) is 2.39. The van der Waals surface area contributed by atoms with Gasteiger partial charge in [0.25, 0.3) is 0 Å². The highest BCUT2D eigenvalue weighted by Gasteiger charge is 2.20. The fraction of sp³-hybridized carbons (Fsp3) is 0.667. The molecule has 1 aliphatic rings. The maximum absolute atomic E-state index is 11.6. The van der Waals surface area contributed by atoms with E-state index in [0.717, 1.165) is 25.3 Å². The van der Waals surface area contributed by atoms with Gasteiger partial charge in [-0.05, 0) is 25.9 Å². The van der Waals surface area contributed by atoms with E-state index in [-0.39, 0.29) is 11.4 Å². The lowest BCUT2D eigenvalue weighted by Crippen LogP contribution is -2.24. The topological polar surface area (TPSA) is 67.3 Å². The number of hydrogen-bond acceptors (Lipinski definition) is 4. The zero-order valence-corrected chi connectivity index (χ0v) is 10.9. The van der Waals surface area contributed by atoms with Gasteiger partial charge in [0, 0.05) is 20.0 Å². The van der Waals surface area contributed by atoms with E-state index >= 15 is 0 Å². The van der Waals surface area contributed by atoms with Crippen LogP contribution >= 0.6 is 0 Å². The molecule has 1 N–H and O–H groups in total. The lowest BCUT2D eigenvalue weighted by atomic mass is 10.2. The Hall–Kier alpha value is -1.56. The summed E-state index contributed by atoms with van der Waals surface area (Å²) in [6.45, 7) is 3.08. The summed E-state index contributed by atoms with van der Waals surface area (Å²) in [5.41, 5.74) is 0.731. The molecule has 0 atom stereocenters. The molecule has 1 saturated heterocycles. The summed E-state index contributed by atoms with van der Waals surface area (Å²) in [6.07, 6.45) is 3.14. The summed E-state index contributed by atoms with van der Waals surface area (Å²) >= 11 is 0. The summed E-state index contributed by atoms with van der Waals surface area (Å²) in [7, 11) is 2.99. The highest BCUT2D eigenvalue weighted by Crippen LogP contribution is 2.11. The first-order valence-electron chi connectivity index (χ1n) is 6.22. The van der Waals surface area contributed by atoms with Crippen molar-refractivity contribution in [3.63, 3.8) is 0 Å². The van der Waals surface area contributed by atoms with E-state index in [1.807, 2.05) is 0 Å². The molecule has 2 heterocycles. The van der Waals surface area contributed by atoms with Crippen LogP contribution in [0.4, 0.5) is 0 Å². The zero-order valence-electron chi connectivity index (χ0n) is 10.9. The molecule has 1 aliphatic heterocycles. The molecule has 0 aliphatic carbocycles. The van der Waals surface area contributed by atoms with E-state index in [1.165, 1.54) is 24.5 Å². The number of nitrogens with one attached hydrogen (secondary N) is 1. The van der Waals surface area contributed by atoms with Crippen LogP contribution in [-0.4, -0.2) is 47.2 Å². The van der Waals surface area contributed by atoms with Gasteiger partial charge in [-0.15, -0.1) is 0 Å². The van der Waals surface area contributed by atoms with Crippen LogP contribution in [0.1, 0.15) is 29.0 Å². The number of nitrogens with zero attached hydrogens (tertiary/aromatic N) is 2. The van der Waals surface area contributed by atoms with Gasteiger partial charge >= 0.3 is 11.7 Å². The van der Waals surface area contributed by atoms with Crippen LogP contribution in [0.25, 0.3) is 0 Å². The van der Waals surface area contributed by atoms with E-state index < -0.39 is 5.97 Å². The third kappa shape index (κ3) is 2.48. The number of carbonyl (C=O) groups is 1. The Morgan fingerprint density at radius 2 is 2.06 bits per heavy atom. The summed E-state index contributed by atoms with van der Waals surface area (Å²) in [4.78, 5) is 28.0. The molecule has 0 aromatic carbocycles. The molecule has 100 valence electrons. The Kier molecular flexibility index (Phi) is 3.86. The number of H-pyrrole nitrogens is 1. The molecule has 1 aromatic rings. The number of methoxy groups -OCH3 is 1. The Morgan fingerprint density at radius 3 is 2.67 bits per heavy atom. The second-order valence-electron chi connectivity index (χ2n) is 4.60. The van der Waals surface area contributed by atoms with Gasteiger partial charge in [-0.3, -0.25) is 9.55 Å². The Bertz CT molecular complexity index is 483. The van der Waals surface area contributed by atoms with E-state index in [9.17, 15) is 9.59 Å². The maximum atomic E-state index is 11.6. The van der Waals surface area contributed by atoms with Crippen molar-refractivity contribution in [1.29, 1.82) is 0 Å². The molecule has 0 amide bonds. The lowest BCUT2D eigenvalue weighted by Gasteiger charge is -2.14. The first-order valence-corrected chi connectivity index (χ1v) is 6.22. The Morgan fingerprint density at radius 1 is 1.39 bits per heavy atom. The monoisotopic (exact) mass is 253 g/mol. The number of rotatable bonds is 4. The van der Waals surface area contributed by atoms with Crippen LogP contribution < -0.4 is 5.69 Å². The Balaban J connectivity index is 2.14. The van der Waals surface area contributed by atoms with E-state index in [2.05, 4.69) is 14.6 Å². The molecule has 2 rings (SSSR count). The lowest BCUT2D eigenvalue weighted by molar-refractivity contribution is 0.0593. The van der Waals surface area contributed by atoms with Crippen molar-refractivity contribution >= 4 is 5.97 Å². The molecule has 1 aromatic heterocycles. The van der Waals surface area contributed by atoms with Gasteiger partial charge in [0.15, 0.2) is 0 Å². The summed E-state index contributed by atoms with van der Waals surface area (Å²) < 4.78 is 6.17. The molecule has 6 nitrogen and oxygen atoms in total. The van der Waals surface area contributed by atoms with Gasteiger partial charge in [0.2, 0.25) is 0 Å². The largest absolute Gasteiger partial charge is 0.464 e. The van der Waals surface area contributed by atoms with Crippen molar-refractivity contribution in [1.82, 2.24) is 14.5 Å². The number of likely N-dealkylation sites (tertiary alicyclic amines) is 1. The predicted molar refractivity (Wildman–Crippen MR) is 66.8 cm³/mol. The highest BCUT2D eigenvalue weighted by molar-refractivity contribution is 5.88. The van der Waals surface area contributed by atoms with Crippen molar-refractivity contribution in [3.8, 4) is 0 Å². The summed E-state index contributed by atoms with van der Waals surface area (Å²) in [5, 5.41) is 0. The number of ether oxygens (including phenoxy) is 1. The average Bonchev–Trinajstić information content (AvgIpc) is 2.97. The van der Waals surface area contributed by atoms with E-state index in [0.29, 0.717) is 6.42 Å². The van der Waals surface area contributed by atoms with Crippen molar-refractivity contribution in [3.05, 3.63) is 21.9 Å². The number of aromatic amines is 1. The number of esters is 1. The molecule has 1 fully saturated rings. The minimum atomic E-state index is -0.482. The standard InChI is InChI=1S/C12H19N3O3/c1-14-9(5-8-15-6-3-4-7-15)10(11(16)18-2)13-12(14)17/h3-8H2,1-2H3,(H,13,17). The van der Waals surface area contributed by atoms with Gasteiger partial charge in [0.1, 0.15) is 5.69 Å². The molecular formula is C12H19N3O3. The van der Waals surface area contributed by atoms with Crippen molar-refractivity contribution < 1.29 is 9.53 Å². The van der Waals surface area contributed by atoms with Crippen molar-refractivity contribution in [2.24, 2.45) is 7.05 Å². The Labute approximate surface area is 106 Å². The molecule has 6 heteroatoms. The number of carbonyl (C=O) groups excluding carboxylic acids is 1. The number of aromatic nitrogens is 2. The fourth-order valence-electron chi connectivity index (χ4n) is 2.39. The first kappa shape index (κ1) is 12.9. The normalized spacial score (nSPS) is 16.1. The SMILES string of the molecule is COC(=O)c1[nH]c(=O)n(C)c1CCN1CCCC1. The van der Waals surface area contributed by atoms with Crippen molar-refractivity contribution in [2.45, 2.75) is 19.3 Å².